The molecule has 2 rings (SSSR count). The highest BCUT2D eigenvalue weighted by molar-refractivity contribution is 4.87. The van der Waals surface area contributed by atoms with E-state index in [4.69, 9.17) is 5.73 Å². The standard InChI is InChI=1S/C11H22N2/c1-9(12)6-13-7-10-4-2-3-5-11(10)8-13/h9-11H,2-8,12H2,1H3/t9-,10-,11+/m1/s1. The van der Waals surface area contributed by atoms with Crippen LogP contribution in [0.15, 0.2) is 0 Å². The van der Waals surface area contributed by atoms with Gasteiger partial charge in [0.1, 0.15) is 0 Å². The zero-order valence-electron chi connectivity index (χ0n) is 8.71. The molecule has 0 aromatic heterocycles. The Bertz CT molecular complexity index is 153. The Hall–Kier alpha value is -0.0800. The second-order valence-corrected chi connectivity index (χ2v) is 5.00. The highest BCUT2D eigenvalue weighted by atomic mass is 15.2. The third kappa shape index (κ3) is 2.23. The Balaban J connectivity index is 1.84. The molecule has 1 saturated heterocycles. The predicted octanol–water partition coefficient (Wildman–Crippen LogP) is 1.46. The second-order valence-electron chi connectivity index (χ2n) is 5.00. The van der Waals surface area contributed by atoms with Gasteiger partial charge in [-0.1, -0.05) is 12.8 Å². The Morgan fingerprint density at radius 2 is 1.77 bits per heavy atom. The number of likely N-dealkylation sites (tertiary alicyclic amines) is 1. The zero-order chi connectivity index (χ0) is 9.26. The van der Waals surface area contributed by atoms with E-state index in [1.54, 1.807) is 0 Å². The largest absolute Gasteiger partial charge is 0.327 e. The van der Waals surface area contributed by atoms with Gasteiger partial charge in [0, 0.05) is 25.7 Å². The molecule has 0 aromatic rings. The molecule has 3 atom stereocenters. The predicted molar refractivity (Wildman–Crippen MR) is 55.5 cm³/mol. The molecule has 1 aliphatic carbocycles. The van der Waals surface area contributed by atoms with Gasteiger partial charge in [0.05, 0.1) is 0 Å². The molecule has 2 N–H and O–H groups in total. The SMILES string of the molecule is C[C@@H](N)CN1C[C@H]2CCCC[C@H]2C1. The Kier molecular flexibility index (Phi) is 2.89. The fourth-order valence-electron chi connectivity index (χ4n) is 3.06. The summed E-state index contributed by atoms with van der Waals surface area (Å²) in [5, 5.41) is 0. The lowest BCUT2D eigenvalue weighted by Crippen LogP contribution is -2.34. The first-order valence-electron chi connectivity index (χ1n) is 5.73. The van der Waals surface area contributed by atoms with Crippen LogP contribution in [0.25, 0.3) is 0 Å². The molecule has 2 nitrogen and oxygen atoms in total. The summed E-state index contributed by atoms with van der Waals surface area (Å²) < 4.78 is 0. The van der Waals surface area contributed by atoms with E-state index in [-0.39, 0.29) is 0 Å². The number of nitrogens with two attached hydrogens (primary N) is 1. The number of nitrogens with zero attached hydrogens (tertiary/aromatic N) is 1. The monoisotopic (exact) mass is 182 g/mol. The molecule has 1 heterocycles. The van der Waals surface area contributed by atoms with Crippen molar-refractivity contribution in [1.82, 2.24) is 4.90 Å². The van der Waals surface area contributed by atoms with Crippen molar-refractivity contribution < 1.29 is 0 Å². The molecule has 2 aliphatic rings. The van der Waals surface area contributed by atoms with Gasteiger partial charge in [-0.3, -0.25) is 0 Å². The summed E-state index contributed by atoms with van der Waals surface area (Å²) in [6.07, 6.45) is 5.88. The van der Waals surface area contributed by atoms with E-state index in [0.717, 1.165) is 18.4 Å². The number of hydrogen-bond donors (Lipinski definition) is 1. The van der Waals surface area contributed by atoms with E-state index < -0.39 is 0 Å². The van der Waals surface area contributed by atoms with Gasteiger partial charge in [0.2, 0.25) is 0 Å². The highest BCUT2D eigenvalue weighted by Gasteiger charge is 2.33. The summed E-state index contributed by atoms with van der Waals surface area (Å²) in [6.45, 7) is 5.87. The van der Waals surface area contributed by atoms with Crippen molar-refractivity contribution in [3.05, 3.63) is 0 Å². The van der Waals surface area contributed by atoms with E-state index in [2.05, 4.69) is 11.8 Å². The quantitative estimate of drug-likeness (QED) is 0.700. The normalized spacial score (nSPS) is 37.4. The lowest BCUT2D eigenvalue weighted by atomic mass is 9.82. The lowest BCUT2D eigenvalue weighted by molar-refractivity contribution is 0.299. The number of fused-ring (bicyclic) bond motifs is 1. The minimum Gasteiger partial charge on any atom is -0.327 e. The maximum atomic E-state index is 5.82. The van der Waals surface area contributed by atoms with Crippen LogP contribution < -0.4 is 5.73 Å². The summed E-state index contributed by atoms with van der Waals surface area (Å²) in [5.41, 5.74) is 5.82. The first-order valence-corrected chi connectivity index (χ1v) is 5.73. The molecule has 13 heavy (non-hydrogen) atoms. The van der Waals surface area contributed by atoms with Gasteiger partial charge >= 0.3 is 0 Å². The molecule has 0 amide bonds. The number of rotatable bonds is 2. The molecular formula is C11H22N2. The molecule has 1 saturated carbocycles. The average molecular weight is 182 g/mol. The van der Waals surface area contributed by atoms with Gasteiger partial charge in [-0.15, -0.1) is 0 Å². The van der Waals surface area contributed by atoms with Crippen LogP contribution in [0.1, 0.15) is 32.6 Å². The van der Waals surface area contributed by atoms with Crippen LogP contribution in [-0.4, -0.2) is 30.6 Å². The van der Waals surface area contributed by atoms with Gasteiger partial charge < -0.3 is 10.6 Å². The average Bonchev–Trinajstić information content (AvgIpc) is 2.44. The second kappa shape index (κ2) is 3.97. The summed E-state index contributed by atoms with van der Waals surface area (Å²) in [5.74, 6) is 2.01. The van der Waals surface area contributed by atoms with Crippen LogP contribution in [0.3, 0.4) is 0 Å². The van der Waals surface area contributed by atoms with Gasteiger partial charge in [-0.2, -0.15) is 0 Å². The smallest absolute Gasteiger partial charge is 0.0139 e. The van der Waals surface area contributed by atoms with Crippen LogP contribution in [0.2, 0.25) is 0 Å². The summed E-state index contributed by atoms with van der Waals surface area (Å²) in [4.78, 5) is 2.57. The van der Waals surface area contributed by atoms with Gasteiger partial charge in [0.25, 0.3) is 0 Å². The highest BCUT2D eigenvalue weighted by Crippen LogP contribution is 2.35. The van der Waals surface area contributed by atoms with Gasteiger partial charge in [-0.25, -0.2) is 0 Å². The summed E-state index contributed by atoms with van der Waals surface area (Å²) in [7, 11) is 0. The van der Waals surface area contributed by atoms with Crippen LogP contribution in [0.4, 0.5) is 0 Å². The van der Waals surface area contributed by atoms with E-state index in [0.29, 0.717) is 6.04 Å². The van der Waals surface area contributed by atoms with Crippen molar-refractivity contribution in [1.29, 1.82) is 0 Å². The van der Waals surface area contributed by atoms with Crippen molar-refractivity contribution in [2.75, 3.05) is 19.6 Å². The Morgan fingerprint density at radius 3 is 2.23 bits per heavy atom. The molecule has 2 heteroatoms. The lowest BCUT2D eigenvalue weighted by Gasteiger charge is -2.23. The molecule has 1 aliphatic heterocycles. The summed E-state index contributed by atoms with van der Waals surface area (Å²) >= 11 is 0. The first-order chi connectivity index (χ1) is 6.25. The molecule has 0 bridgehead atoms. The van der Waals surface area contributed by atoms with Crippen molar-refractivity contribution in [2.24, 2.45) is 17.6 Å². The zero-order valence-corrected chi connectivity index (χ0v) is 8.71. The van der Waals surface area contributed by atoms with E-state index >= 15 is 0 Å². The third-order valence-electron chi connectivity index (χ3n) is 3.60. The Labute approximate surface area is 81.5 Å². The summed E-state index contributed by atoms with van der Waals surface area (Å²) in [6, 6.07) is 0.347. The molecule has 76 valence electrons. The maximum Gasteiger partial charge on any atom is 0.0139 e. The molecular weight excluding hydrogens is 160 g/mol. The first kappa shape index (κ1) is 9.47. The fourth-order valence-corrected chi connectivity index (χ4v) is 3.06. The van der Waals surface area contributed by atoms with Crippen LogP contribution in [0, 0.1) is 11.8 Å². The topological polar surface area (TPSA) is 29.3 Å². The van der Waals surface area contributed by atoms with Crippen molar-refractivity contribution in [3.8, 4) is 0 Å². The third-order valence-corrected chi connectivity index (χ3v) is 3.60. The van der Waals surface area contributed by atoms with Gasteiger partial charge in [0.15, 0.2) is 0 Å². The van der Waals surface area contributed by atoms with Crippen molar-refractivity contribution >= 4 is 0 Å². The Morgan fingerprint density at radius 1 is 1.23 bits per heavy atom. The molecule has 0 unspecified atom stereocenters. The minimum atomic E-state index is 0.347. The van der Waals surface area contributed by atoms with Crippen LogP contribution in [-0.2, 0) is 0 Å². The van der Waals surface area contributed by atoms with Gasteiger partial charge in [-0.05, 0) is 31.6 Å². The van der Waals surface area contributed by atoms with Crippen LogP contribution in [0.5, 0.6) is 0 Å². The molecule has 0 spiro atoms. The van der Waals surface area contributed by atoms with E-state index in [1.807, 2.05) is 0 Å². The van der Waals surface area contributed by atoms with Crippen LogP contribution >= 0.6 is 0 Å². The maximum absolute atomic E-state index is 5.82. The van der Waals surface area contributed by atoms with Crippen molar-refractivity contribution in [3.63, 3.8) is 0 Å². The fraction of sp³-hybridized carbons (Fsp3) is 1.00. The van der Waals surface area contributed by atoms with E-state index in [9.17, 15) is 0 Å². The molecule has 2 fully saturated rings. The molecule has 0 aromatic carbocycles. The number of hydrogen-bond acceptors (Lipinski definition) is 2. The van der Waals surface area contributed by atoms with Crippen molar-refractivity contribution in [2.45, 2.75) is 38.6 Å². The molecule has 0 radical (unpaired) electrons. The van der Waals surface area contributed by atoms with E-state index in [1.165, 1.54) is 38.8 Å². The minimum absolute atomic E-state index is 0.347.